The molecule has 0 aliphatic rings. The summed E-state index contributed by atoms with van der Waals surface area (Å²) in [5.74, 6) is 0.658. The molecule has 0 amide bonds. The number of halogens is 3. The zero-order chi connectivity index (χ0) is 14.2. The maximum atomic E-state index is 12.6. The van der Waals surface area contributed by atoms with Crippen molar-refractivity contribution in [2.24, 2.45) is 0 Å². The Kier molecular flexibility index (Phi) is 3.01. The van der Waals surface area contributed by atoms with Crippen molar-refractivity contribution >= 4 is 11.0 Å². The van der Waals surface area contributed by atoms with Crippen molar-refractivity contribution in [1.29, 1.82) is 0 Å². The van der Waals surface area contributed by atoms with E-state index < -0.39 is 11.7 Å². The first-order valence-corrected chi connectivity index (χ1v) is 6.16. The molecule has 0 fully saturated rings. The first kappa shape index (κ1) is 12.8. The SMILES string of the molecule is FC(F)(F)c1ccc2cc(Cc3ccccc3)oc2c1. The van der Waals surface area contributed by atoms with Gasteiger partial charge in [0.25, 0.3) is 0 Å². The highest BCUT2D eigenvalue weighted by Gasteiger charge is 2.30. The second-order valence-corrected chi connectivity index (χ2v) is 4.63. The van der Waals surface area contributed by atoms with E-state index in [0.29, 0.717) is 17.6 Å². The van der Waals surface area contributed by atoms with Gasteiger partial charge in [0.15, 0.2) is 0 Å². The van der Waals surface area contributed by atoms with E-state index in [1.165, 1.54) is 6.07 Å². The second kappa shape index (κ2) is 4.71. The summed E-state index contributed by atoms with van der Waals surface area (Å²) in [6.45, 7) is 0. The van der Waals surface area contributed by atoms with Gasteiger partial charge in [0.2, 0.25) is 0 Å². The predicted octanol–water partition coefficient (Wildman–Crippen LogP) is 5.04. The minimum Gasteiger partial charge on any atom is -0.461 e. The number of hydrogen-bond donors (Lipinski definition) is 0. The summed E-state index contributed by atoms with van der Waals surface area (Å²) in [6.07, 6.45) is -3.78. The molecule has 0 aliphatic carbocycles. The van der Waals surface area contributed by atoms with Crippen molar-refractivity contribution in [1.82, 2.24) is 0 Å². The van der Waals surface area contributed by atoms with Gasteiger partial charge in [-0.2, -0.15) is 13.2 Å². The van der Waals surface area contributed by atoms with Crippen LogP contribution in [-0.4, -0.2) is 0 Å². The molecule has 1 aromatic heterocycles. The average Bonchev–Trinajstić information content (AvgIpc) is 2.80. The summed E-state index contributed by atoms with van der Waals surface area (Å²) in [6, 6.07) is 15.0. The van der Waals surface area contributed by atoms with E-state index in [1.807, 2.05) is 30.3 Å². The maximum Gasteiger partial charge on any atom is 0.416 e. The first-order chi connectivity index (χ1) is 9.52. The van der Waals surface area contributed by atoms with Gasteiger partial charge >= 0.3 is 6.18 Å². The van der Waals surface area contributed by atoms with Crippen LogP contribution < -0.4 is 0 Å². The molecule has 3 aromatic rings. The fourth-order valence-electron chi connectivity index (χ4n) is 2.15. The van der Waals surface area contributed by atoms with Crippen molar-refractivity contribution in [3.63, 3.8) is 0 Å². The van der Waals surface area contributed by atoms with Gasteiger partial charge in [-0.1, -0.05) is 36.4 Å². The van der Waals surface area contributed by atoms with Crippen LogP contribution in [0.25, 0.3) is 11.0 Å². The van der Waals surface area contributed by atoms with Crippen LogP contribution >= 0.6 is 0 Å². The molecule has 0 saturated heterocycles. The van der Waals surface area contributed by atoms with E-state index in [0.717, 1.165) is 17.7 Å². The highest BCUT2D eigenvalue weighted by molar-refractivity contribution is 5.78. The van der Waals surface area contributed by atoms with Crippen LogP contribution in [0.15, 0.2) is 59.0 Å². The first-order valence-electron chi connectivity index (χ1n) is 6.16. The molecule has 20 heavy (non-hydrogen) atoms. The third-order valence-corrected chi connectivity index (χ3v) is 3.12. The smallest absolute Gasteiger partial charge is 0.416 e. The fourth-order valence-corrected chi connectivity index (χ4v) is 2.15. The molecule has 2 aromatic carbocycles. The van der Waals surface area contributed by atoms with Gasteiger partial charge in [0.05, 0.1) is 5.56 Å². The molecule has 0 bridgehead atoms. The molecule has 3 rings (SSSR count). The second-order valence-electron chi connectivity index (χ2n) is 4.63. The molecule has 0 aliphatic heterocycles. The monoisotopic (exact) mass is 276 g/mol. The quantitative estimate of drug-likeness (QED) is 0.639. The zero-order valence-corrected chi connectivity index (χ0v) is 10.4. The standard InChI is InChI=1S/C16H11F3O/c17-16(18,19)13-7-6-12-9-14(20-15(12)10-13)8-11-4-2-1-3-5-11/h1-7,9-10H,8H2. The average molecular weight is 276 g/mol. The van der Waals surface area contributed by atoms with Crippen LogP contribution in [0.3, 0.4) is 0 Å². The summed E-state index contributed by atoms with van der Waals surface area (Å²) < 4.78 is 43.4. The normalized spacial score (nSPS) is 11.9. The topological polar surface area (TPSA) is 13.1 Å². The number of furan rings is 1. The highest BCUT2D eigenvalue weighted by Crippen LogP contribution is 2.32. The molecule has 0 unspecified atom stereocenters. The molecular weight excluding hydrogens is 265 g/mol. The van der Waals surface area contributed by atoms with Crippen molar-refractivity contribution in [2.45, 2.75) is 12.6 Å². The van der Waals surface area contributed by atoms with Crippen molar-refractivity contribution in [3.8, 4) is 0 Å². The van der Waals surface area contributed by atoms with Gasteiger partial charge in [-0.05, 0) is 23.8 Å². The van der Waals surface area contributed by atoms with Gasteiger partial charge < -0.3 is 4.42 Å². The number of hydrogen-bond acceptors (Lipinski definition) is 1. The molecule has 102 valence electrons. The van der Waals surface area contributed by atoms with Crippen molar-refractivity contribution in [2.75, 3.05) is 0 Å². The largest absolute Gasteiger partial charge is 0.461 e. The third-order valence-electron chi connectivity index (χ3n) is 3.12. The molecule has 0 atom stereocenters. The number of fused-ring (bicyclic) bond motifs is 1. The minimum atomic E-state index is -4.35. The lowest BCUT2D eigenvalue weighted by atomic mass is 10.1. The van der Waals surface area contributed by atoms with Crippen LogP contribution in [-0.2, 0) is 12.6 Å². The molecule has 4 heteroatoms. The Balaban J connectivity index is 1.95. The summed E-state index contributed by atoms with van der Waals surface area (Å²) >= 11 is 0. The third kappa shape index (κ3) is 2.54. The van der Waals surface area contributed by atoms with E-state index in [-0.39, 0.29) is 5.58 Å². The minimum absolute atomic E-state index is 0.269. The van der Waals surface area contributed by atoms with Gasteiger partial charge in [-0.25, -0.2) is 0 Å². The summed E-state index contributed by atoms with van der Waals surface area (Å²) in [5.41, 5.74) is 0.638. The van der Waals surface area contributed by atoms with Crippen LogP contribution in [0.1, 0.15) is 16.9 Å². The maximum absolute atomic E-state index is 12.6. The summed E-state index contributed by atoms with van der Waals surface area (Å²) in [4.78, 5) is 0. The van der Waals surface area contributed by atoms with E-state index in [1.54, 1.807) is 6.07 Å². The highest BCUT2D eigenvalue weighted by atomic mass is 19.4. The van der Waals surface area contributed by atoms with Crippen molar-refractivity contribution in [3.05, 3.63) is 71.5 Å². The van der Waals surface area contributed by atoms with Gasteiger partial charge in [0.1, 0.15) is 11.3 Å². The molecule has 0 spiro atoms. The van der Waals surface area contributed by atoms with E-state index in [9.17, 15) is 13.2 Å². The molecule has 0 radical (unpaired) electrons. The molecule has 1 nitrogen and oxygen atoms in total. The van der Waals surface area contributed by atoms with Crippen LogP contribution in [0.5, 0.6) is 0 Å². The Hall–Kier alpha value is -2.23. The number of rotatable bonds is 2. The molecular formula is C16H11F3O. The van der Waals surface area contributed by atoms with E-state index in [2.05, 4.69) is 0 Å². The Labute approximate surface area is 113 Å². The number of benzene rings is 2. The van der Waals surface area contributed by atoms with Gasteiger partial charge in [-0.3, -0.25) is 0 Å². The molecule has 1 heterocycles. The Morgan fingerprint density at radius 2 is 1.65 bits per heavy atom. The van der Waals surface area contributed by atoms with Gasteiger partial charge in [-0.15, -0.1) is 0 Å². The van der Waals surface area contributed by atoms with Crippen LogP contribution in [0.2, 0.25) is 0 Å². The molecule has 0 N–H and O–H groups in total. The Morgan fingerprint density at radius 3 is 2.35 bits per heavy atom. The van der Waals surface area contributed by atoms with Gasteiger partial charge in [0, 0.05) is 11.8 Å². The predicted molar refractivity (Wildman–Crippen MR) is 70.5 cm³/mol. The van der Waals surface area contributed by atoms with Crippen molar-refractivity contribution < 1.29 is 17.6 Å². The Morgan fingerprint density at radius 1 is 0.900 bits per heavy atom. The number of alkyl halides is 3. The van der Waals surface area contributed by atoms with E-state index in [4.69, 9.17) is 4.42 Å². The van der Waals surface area contributed by atoms with Crippen LogP contribution in [0, 0.1) is 0 Å². The zero-order valence-electron chi connectivity index (χ0n) is 10.4. The van der Waals surface area contributed by atoms with E-state index >= 15 is 0 Å². The lowest BCUT2D eigenvalue weighted by Crippen LogP contribution is -2.03. The summed E-state index contributed by atoms with van der Waals surface area (Å²) in [5, 5.41) is 0.684. The lowest BCUT2D eigenvalue weighted by Gasteiger charge is -2.04. The summed E-state index contributed by atoms with van der Waals surface area (Å²) in [7, 11) is 0. The fraction of sp³-hybridized carbons (Fsp3) is 0.125. The Bertz CT molecular complexity index is 726. The van der Waals surface area contributed by atoms with Crippen LogP contribution in [0.4, 0.5) is 13.2 Å². The lowest BCUT2D eigenvalue weighted by molar-refractivity contribution is -0.137. The molecule has 0 saturated carbocycles.